The van der Waals surface area contributed by atoms with E-state index in [1.54, 1.807) is 13.8 Å². The van der Waals surface area contributed by atoms with Crippen molar-refractivity contribution < 1.29 is 19.1 Å². The predicted octanol–water partition coefficient (Wildman–Crippen LogP) is 3.00. The average Bonchev–Trinajstić information content (AvgIpc) is 2.53. The smallest absolute Gasteiger partial charge is 0.335 e. The van der Waals surface area contributed by atoms with Gasteiger partial charge in [-0.15, -0.1) is 0 Å². The number of allylic oxidation sites excluding steroid dienone is 2. The van der Waals surface area contributed by atoms with Crippen LogP contribution in [0.15, 0.2) is 23.3 Å². The molecule has 0 unspecified atom stereocenters. The van der Waals surface area contributed by atoms with Gasteiger partial charge in [0.15, 0.2) is 0 Å². The van der Waals surface area contributed by atoms with Gasteiger partial charge in [0.05, 0.1) is 24.4 Å². The van der Waals surface area contributed by atoms with Gasteiger partial charge >= 0.3 is 11.9 Å². The fourth-order valence-corrected chi connectivity index (χ4v) is 5.99. The second kappa shape index (κ2) is 6.11. The van der Waals surface area contributed by atoms with Crippen molar-refractivity contribution in [2.75, 3.05) is 13.2 Å². The van der Waals surface area contributed by atoms with Gasteiger partial charge in [0, 0.05) is 21.5 Å². The number of ether oxygens (including phenoxy) is 2. The van der Waals surface area contributed by atoms with Gasteiger partial charge in [-0.25, -0.2) is 9.59 Å². The molecule has 0 heterocycles. The van der Waals surface area contributed by atoms with Crippen molar-refractivity contribution in [1.29, 1.82) is 0 Å². The van der Waals surface area contributed by atoms with Gasteiger partial charge < -0.3 is 9.47 Å². The number of carbonyl (C=O) groups is 2. The Hall–Kier alpha value is -0.620. The fraction of sp³-hybridized carbons (Fsp3) is 0.625. The van der Waals surface area contributed by atoms with Crippen LogP contribution in [0.25, 0.3) is 0 Å². The number of hydrogen-bond donors (Lipinski definition) is 0. The highest BCUT2D eigenvalue weighted by molar-refractivity contribution is 9.12. The molecule has 4 aliphatic rings. The molecule has 120 valence electrons. The van der Waals surface area contributed by atoms with Gasteiger partial charge in [0.2, 0.25) is 0 Å². The molecule has 0 saturated heterocycles. The van der Waals surface area contributed by atoms with Crippen LogP contribution in [0.5, 0.6) is 0 Å². The molecule has 0 N–H and O–H groups in total. The Morgan fingerprint density at radius 3 is 1.59 bits per heavy atom. The SMILES string of the molecule is CCOC(=O)C1=C(C(=O)OCC)[C@H]2C=C[C@H]1[C@H]1[C@H](Br)[C@H](Br)[C@@H]12. The molecule has 0 radical (unpaired) electrons. The molecule has 4 aliphatic carbocycles. The Bertz CT molecular complexity index is 520. The van der Waals surface area contributed by atoms with E-state index >= 15 is 0 Å². The van der Waals surface area contributed by atoms with Crippen LogP contribution in [0.3, 0.4) is 0 Å². The number of hydrogen-bond acceptors (Lipinski definition) is 4. The highest BCUT2D eigenvalue weighted by Crippen LogP contribution is 2.61. The maximum absolute atomic E-state index is 12.4. The van der Waals surface area contributed by atoms with Gasteiger partial charge in [0.1, 0.15) is 0 Å². The molecule has 0 aliphatic heterocycles. The van der Waals surface area contributed by atoms with Gasteiger partial charge in [-0.3, -0.25) is 0 Å². The lowest BCUT2D eigenvalue weighted by atomic mass is 9.51. The van der Waals surface area contributed by atoms with E-state index in [4.69, 9.17) is 9.47 Å². The number of alkyl halides is 2. The molecule has 1 saturated carbocycles. The van der Waals surface area contributed by atoms with Crippen LogP contribution in [0.4, 0.5) is 0 Å². The van der Waals surface area contributed by atoms with Crippen LogP contribution in [0.2, 0.25) is 0 Å². The molecule has 0 spiro atoms. The van der Waals surface area contributed by atoms with Crippen molar-refractivity contribution in [3.8, 4) is 0 Å². The fourth-order valence-electron chi connectivity index (χ4n) is 3.92. The van der Waals surface area contributed by atoms with Crippen molar-refractivity contribution >= 4 is 43.8 Å². The quantitative estimate of drug-likeness (QED) is 0.388. The lowest BCUT2D eigenvalue weighted by Gasteiger charge is -2.58. The number of rotatable bonds is 4. The summed E-state index contributed by atoms with van der Waals surface area (Å²) in [6.07, 6.45) is 4.10. The minimum Gasteiger partial charge on any atom is -0.463 e. The van der Waals surface area contributed by atoms with Gasteiger partial charge in [0.25, 0.3) is 0 Å². The molecule has 6 heteroatoms. The van der Waals surface area contributed by atoms with E-state index in [9.17, 15) is 9.59 Å². The van der Waals surface area contributed by atoms with Crippen molar-refractivity contribution in [2.24, 2.45) is 23.7 Å². The standard InChI is InChI=1S/C16H18Br2O4/c1-3-21-15(19)11-7-5-6-8(12(11)16(20)22-4-2)10-9(7)13(17)14(10)18/h5-10,13-14H,3-4H2,1-2H3/t7-,8-,9+,10+,13-,14+/m0/s1. The maximum Gasteiger partial charge on any atom is 0.335 e. The van der Waals surface area contributed by atoms with Crippen molar-refractivity contribution in [3.05, 3.63) is 23.3 Å². The van der Waals surface area contributed by atoms with Gasteiger partial charge in [-0.2, -0.15) is 0 Å². The first-order chi connectivity index (χ1) is 10.5. The van der Waals surface area contributed by atoms with Crippen LogP contribution >= 0.6 is 31.9 Å². The molecule has 0 amide bonds. The Morgan fingerprint density at radius 1 is 0.909 bits per heavy atom. The second-order valence-corrected chi connectivity index (χ2v) is 7.86. The van der Waals surface area contributed by atoms with Gasteiger partial charge in [-0.1, -0.05) is 44.0 Å². The molecule has 1 fully saturated rings. The molecule has 6 atom stereocenters. The number of halogens is 2. The molecular weight excluding hydrogens is 416 g/mol. The third-order valence-electron chi connectivity index (χ3n) is 4.79. The molecule has 4 nitrogen and oxygen atoms in total. The van der Waals surface area contributed by atoms with Crippen LogP contribution in [0.1, 0.15) is 13.8 Å². The Balaban J connectivity index is 2.05. The summed E-state index contributed by atoms with van der Waals surface area (Å²) in [5, 5.41) is 0. The Kier molecular flexibility index (Phi) is 4.52. The summed E-state index contributed by atoms with van der Waals surface area (Å²) < 4.78 is 10.4. The van der Waals surface area contributed by atoms with E-state index in [1.807, 2.05) is 12.2 Å². The molecule has 0 aromatic rings. The van der Waals surface area contributed by atoms with Crippen molar-refractivity contribution in [1.82, 2.24) is 0 Å². The second-order valence-electron chi connectivity index (χ2n) is 5.75. The van der Waals surface area contributed by atoms with E-state index in [1.165, 1.54) is 0 Å². The Labute approximate surface area is 146 Å². The zero-order valence-corrected chi connectivity index (χ0v) is 15.6. The first-order valence-electron chi connectivity index (χ1n) is 7.57. The molecular formula is C16H18Br2O4. The first-order valence-corrected chi connectivity index (χ1v) is 9.40. The summed E-state index contributed by atoms with van der Waals surface area (Å²) in [6, 6.07) is 0. The lowest BCUT2D eigenvalue weighted by Crippen LogP contribution is -2.60. The van der Waals surface area contributed by atoms with Crippen LogP contribution in [0, 0.1) is 23.7 Å². The lowest BCUT2D eigenvalue weighted by molar-refractivity contribution is -0.144. The van der Waals surface area contributed by atoms with E-state index < -0.39 is 0 Å². The maximum atomic E-state index is 12.4. The number of esters is 2. The summed E-state index contributed by atoms with van der Waals surface area (Å²) in [5.74, 6) is -0.297. The van der Waals surface area contributed by atoms with Gasteiger partial charge in [-0.05, 0) is 25.7 Å². The summed E-state index contributed by atoms with van der Waals surface area (Å²) in [6.45, 7) is 4.14. The van der Waals surface area contributed by atoms with E-state index in [-0.39, 0.29) is 23.8 Å². The van der Waals surface area contributed by atoms with Crippen LogP contribution in [-0.2, 0) is 19.1 Å². The normalized spacial score (nSPS) is 38.4. The summed E-state index contributed by atoms with van der Waals surface area (Å²) >= 11 is 7.40. The molecule has 4 rings (SSSR count). The van der Waals surface area contributed by atoms with Crippen molar-refractivity contribution in [3.63, 3.8) is 0 Å². The Morgan fingerprint density at radius 2 is 1.27 bits per heavy atom. The topological polar surface area (TPSA) is 52.6 Å². The average molecular weight is 434 g/mol. The monoisotopic (exact) mass is 432 g/mol. The van der Waals surface area contributed by atoms with Crippen LogP contribution in [-0.4, -0.2) is 34.8 Å². The highest BCUT2D eigenvalue weighted by Gasteiger charge is 2.61. The van der Waals surface area contributed by atoms with E-state index in [2.05, 4.69) is 31.9 Å². The molecule has 0 aromatic heterocycles. The summed E-state index contributed by atoms with van der Waals surface area (Å²) in [4.78, 5) is 25.4. The zero-order chi connectivity index (χ0) is 16.0. The third-order valence-corrected chi connectivity index (χ3v) is 7.86. The summed E-state index contributed by atoms with van der Waals surface area (Å²) in [7, 11) is 0. The summed E-state index contributed by atoms with van der Waals surface area (Å²) in [5.41, 5.74) is 0.996. The largest absolute Gasteiger partial charge is 0.463 e. The van der Waals surface area contributed by atoms with Crippen molar-refractivity contribution in [2.45, 2.75) is 23.5 Å². The minimum atomic E-state index is -0.388. The third kappa shape index (κ3) is 2.21. The molecule has 0 aromatic carbocycles. The first kappa shape index (κ1) is 16.2. The minimum absolute atomic E-state index is 0.0772. The van der Waals surface area contributed by atoms with E-state index in [0.717, 1.165) is 0 Å². The highest BCUT2D eigenvalue weighted by atomic mass is 79.9. The van der Waals surface area contributed by atoms with E-state index in [0.29, 0.717) is 45.9 Å². The predicted molar refractivity (Wildman–Crippen MR) is 88.8 cm³/mol. The number of carbonyl (C=O) groups excluding carboxylic acids is 2. The molecule has 22 heavy (non-hydrogen) atoms. The molecule has 2 bridgehead atoms. The van der Waals surface area contributed by atoms with Crippen LogP contribution < -0.4 is 0 Å². The zero-order valence-electron chi connectivity index (χ0n) is 12.4.